The molecule has 0 unspecified atom stereocenters. The number of methoxy groups -OCH3 is 1. The highest BCUT2D eigenvalue weighted by Gasteiger charge is 2.34. The molecular weight excluding hydrogens is 272 g/mol. The van der Waals surface area contributed by atoms with Crippen molar-refractivity contribution < 1.29 is 4.74 Å². The van der Waals surface area contributed by atoms with E-state index in [1.807, 2.05) is 7.11 Å². The molecule has 1 aliphatic carbocycles. The average Bonchev–Trinajstić information content (AvgIpc) is 2.83. The van der Waals surface area contributed by atoms with Crippen LogP contribution >= 0.6 is 0 Å². The van der Waals surface area contributed by atoms with Gasteiger partial charge in [-0.25, -0.2) is 0 Å². The Balaban J connectivity index is 2.62. The van der Waals surface area contributed by atoms with Crippen LogP contribution in [0.25, 0.3) is 0 Å². The van der Waals surface area contributed by atoms with Crippen LogP contribution in [-0.2, 0) is 5.41 Å². The summed E-state index contributed by atoms with van der Waals surface area (Å²) in [6, 6.07) is 6.69. The largest absolute Gasteiger partial charge is 0.497 e. The highest BCUT2D eigenvalue weighted by molar-refractivity contribution is 6.96. The number of ether oxygens (including phenoxy) is 1. The predicted molar refractivity (Wildman–Crippen MR) is 95.3 cm³/mol. The van der Waals surface area contributed by atoms with E-state index in [0.29, 0.717) is 0 Å². The van der Waals surface area contributed by atoms with E-state index in [1.54, 1.807) is 5.20 Å². The van der Waals surface area contributed by atoms with Crippen molar-refractivity contribution in [1.82, 2.24) is 0 Å². The Morgan fingerprint density at radius 3 is 2.29 bits per heavy atom. The standard InChI is InChI=1S/C19H28OSi/c1-14-10-8-12-16(14)21(6,7)17-13-9-11-15(18(17)20-5)19(2,3)4/h8-11,13H,12H2,1-7H3. The molecule has 0 spiro atoms. The molecule has 0 heterocycles. The fraction of sp³-hybridized carbons (Fsp3) is 0.474. The van der Waals surface area contributed by atoms with E-state index in [-0.39, 0.29) is 5.41 Å². The molecule has 0 fully saturated rings. The molecule has 0 atom stereocenters. The Labute approximate surface area is 130 Å². The molecule has 0 aromatic heterocycles. The van der Waals surface area contributed by atoms with Crippen LogP contribution in [0.2, 0.25) is 13.1 Å². The van der Waals surface area contributed by atoms with E-state index in [2.05, 4.69) is 71.1 Å². The summed E-state index contributed by atoms with van der Waals surface area (Å²) in [4.78, 5) is 0. The predicted octanol–water partition coefficient (Wildman–Crippen LogP) is 4.72. The van der Waals surface area contributed by atoms with E-state index < -0.39 is 8.07 Å². The van der Waals surface area contributed by atoms with Gasteiger partial charge in [0.15, 0.2) is 0 Å². The zero-order valence-corrected chi connectivity index (χ0v) is 15.5. The number of allylic oxidation sites excluding steroid dienone is 4. The van der Waals surface area contributed by atoms with E-state index in [4.69, 9.17) is 4.74 Å². The topological polar surface area (TPSA) is 9.23 Å². The fourth-order valence-electron chi connectivity index (χ4n) is 3.37. The molecule has 0 N–H and O–H groups in total. The van der Waals surface area contributed by atoms with Crippen molar-refractivity contribution in [3.8, 4) is 5.75 Å². The monoisotopic (exact) mass is 300 g/mol. The van der Waals surface area contributed by atoms with Gasteiger partial charge in [-0.3, -0.25) is 0 Å². The lowest BCUT2D eigenvalue weighted by Gasteiger charge is -2.31. The molecule has 0 radical (unpaired) electrons. The normalized spacial score (nSPS) is 15.8. The summed E-state index contributed by atoms with van der Waals surface area (Å²) in [5, 5.41) is 3.06. The first kappa shape index (κ1) is 16.1. The second kappa shape index (κ2) is 5.49. The molecule has 1 aromatic carbocycles. The molecule has 0 amide bonds. The third-order valence-corrected chi connectivity index (χ3v) is 8.47. The molecule has 1 aliphatic rings. The summed E-state index contributed by atoms with van der Waals surface area (Å²) in [5.74, 6) is 1.11. The van der Waals surface area contributed by atoms with Gasteiger partial charge in [0.05, 0.1) is 7.11 Å². The first-order chi connectivity index (χ1) is 9.69. The van der Waals surface area contributed by atoms with Crippen LogP contribution in [0.5, 0.6) is 5.75 Å². The molecule has 0 saturated heterocycles. The Morgan fingerprint density at radius 2 is 1.81 bits per heavy atom. The minimum atomic E-state index is -1.69. The zero-order chi connectivity index (χ0) is 15.8. The van der Waals surface area contributed by atoms with Crippen molar-refractivity contribution in [2.45, 2.75) is 52.6 Å². The number of rotatable bonds is 3. The molecule has 2 heteroatoms. The smallest absolute Gasteiger partial charge is 0.122 e. The van der Waals surface area contributed by atoms with Gasteiger partial charge >= 0.3 is 0 Å². The third kappa shape index (κ3) is 2.87. The van der Waals surface area contributed by atoms with Crippen LogP contribution in [0.3, 0.4) is 0 Å². The summed E-state index contributed by atoms with van der Waals surface area (Å²) in [7, 11) is 0.119. The van der Waals surface area contributed by atoms with Gasteiger partial charge in [-0.05, 0) is 29.5 Å². The van der Waals surface area contributed by atoms with Crippen molar-refractivity contribution >= 4 is 13.3 Å². The quantitative estimate of drug-likeness (QED) is 0.734. The van der Waals surface area contributed by atoms with Crippen molar-refractivity contribution in [3.05, 3.63) is 46.7 Å². The number of hydrogen-bond acceptors (Lipinski definition) is 1. The highest BCUT2D eigenvalue weighted by Crippen LogP contribution is 2.35. The third-order valence-electron chi connectivity index (χ3n) is 4.62. The van der Waals surface area contributed by atoms with Gasteiger partial charge < -0.3 is 4.74 Å². The summed E-state index contributed by atoms with van der Waals surface area (Å²) in [6.07, 6.45) is 5.66. The summed E-state index contributed by atoms with van der Waals surface area (Å²) in [5.41, 5.74) is 2.87. The van der Waals surface area contributed by atoms with Crippen LogP contribution < -0.4 is 9.92 Å². The average molecular weight is 301 g/mol. The van der Waals surface area contributed by atoms with Crippen LogP contribution in [0.1, 0.15) is 39.7 Å². The Morgan fingerprint density at radius 1 is 1.14 bits per heavy atom. The Hall–Kier alpha value is -1.28. The van der Waals surface area contributed by atoms with Gasteiger partial charge in [0.1, 0.15) is 13.8 Å². The van der Waals surface area contributed by atoms with Crippen molar-refractivity contribution in [1.29, 1.82) is 0 Å². The van der Waals surface area contributed by atoms with Gasteiger partial charge in [0.2, 0.25) is 0 Å². The number of benzene rings is 1. The Kier molecular flexibility index (Phi) is 4.21. The Bertz CT molecular complexity index is 600. The molecule has 114 valence electrons. The first-order valence-corrected chi connectivity index (χ1v) is 10.7. The highest BCUT2D eigenvalue weighted by atomic mass is 28.3. The van der Waals surface area contributed by atoms with E-state index in [0.717, 1.165) is 12.2 Å². The molecule has 2 rings (SSSR count). The maximum atomic E-state index is 5.88. The molecule has 0 bridgehead atoms. The molecule has 1 aromatic rings. The van der Waals surface area contributed by atoms with E-state index in [9.17, 15) is 0 Å². The SMILES string of the molecule is COc1c(C(C)(C)C)cccc1[Si](C)(C)C1=C(C)C=CC1. The van der Waals surface area contributed by atoms with E-state index >= 15 is 0 Å². The van der Waals surface area contributed by atoms with Gasteiger partial charge in [-0.15, -0.1) is 0 Å². The minimum Gasteiger partial charge on any atom is -0.497 e. The lowest BCUT2D eigenvalue weighted by molar-refractivity contribution is 0.400. The number of para-hydroxylation sites is 1. The zero-order valence-electron chi connectivity index (χ0n) is 14.5. The maximum absolute atomic E-state index is 5.88. The lowest BCUT2D eigenvalue weighted by Crippen LogP contribution is -2.45. The van der Waals surface area contributed by atoms with Crippen LogP contribution in [-0.4, -0.2) is 15.2 Å². The second-order valence-corrected chi connectivity index (χ2v) is 11.9. The van der Waals surface area contributed by atoms with Gasteiger partial charge in [0, 0.05) is 0 Å². The van der Waals surface area contributed by atoms with Gasteiger partial charge in [-0.2, -0.15) is 0 Å². The van der Waals surface area contributed by atoms with E-state index in [1.165, 1.54) is 16.3 Å². The molecular formula is C19H28OSi. The van der Waals surface area contributed by atoms with Crippen molar-refractivity contribution in [2.24, 2.45) is 0 Å². The summed E-state index contributed by atoms with van der Waals surface area (Å²) < 4.78 is 5.88. The molecule has 21 heavy (non-hydrogen) atoms. The van der Waals surface area contributed by atoms with Crippen molar-refractivity contribution in [2.75, 3.05) is 7.11 Å². The van der Waals surface area contributed by atoms with Crippen LogP contribution in [0.15, 0.2) is 41.1 Å². The minimum absolute atomic E-state index is 0.100. The maximum Gasteiger partial charge on any atom is 0.122 e. The molecule has 0 saturated carbocycles. The first-order valence-electron chi connectivity index (χ1n) is 7.74. The number of hydrogen-bond donors (Lipinski definition) is 0. The molecule has 1 nitrogen and oxygen atoms in total. The lowest BCUT2D eigenvalue weighted by atomic mass is 9.86. The van der Waals surface area contributed by atoms with Crippen molar-refractivity contribution in [3.63, 3.8) is 0 Å². The molecule has 0 aliphatic heterocycles. The van der Waals surface area contributed by atoms with Crippen LogP contribution in [0, 0.1) is 0 Å². The van der Waals surface area contributed by atoms with Gasteiger partial charge in [-0.1, -0.05) is 75.0 Å². The fourth-order valence-corrected chi connectivity index (χ4v) is 6.71. The summed E-state index contributed by atoms with van der Waals surface area (Å²) in [6.45, 7) is 13.9. The van der Waals surface area contributed by atoms with Crippen LogP contribution in [0.4, 0.5) is 0 Å². The second-order valence-electron chi connectivity index (χ2n) is 7.53. The summed E-state index contributed by atoms with van der Waals surface area (Å²) >= 11 is 0. The van der Waals surface area contributed by atoms with Gasteiger partial charge in [0.25, 0.3) is 0 Å².